The van der Waals surface area contributed by atoms with E-state index in [0.717, 1.165) is 37.7 Å². The van der Waals surface area contributed by atoms with Crippen LogP contribution in [0.4, 0.5) is 15.8 Å². The van der Waals surface area contributed by atoms with Gasteiger partial charge in [0.25, 0.3) is 10.0 Å². The normalized spacial score (nSPS) is 15.4. The van der Waals surface area contributed by atoms with E-state index < -0.39 is 15.8 Å². The molecule has 1 fully saturated rings. The van der Waals surface area contributed by atoms with Gasteiger partial charge in [-0.15, -0.1) is 0 Å². The number of sulfonamides is 1. The lowest BCUT2D eigenvalue weighted by Gasteiger charge is -2.30. The van der Waals surface area contributed by atoms with Crippen LogP contribution >= 0.6 is 0 Å². The fourth-order valence-corrected chi connectivity index (χ4v) is 3.91. The molecule has 0 aromatic heterocycles. The highest BCUT2D eigenvalue weighted by Gasteiger charge is 2.19. The third-order valence-electron chi connectivity index (χ3n) is 3.95. The Balaban J connectivity index is 1.90. The van der Waals surface area contributed by atoms with Gasteiger partial charge in [0.05, 0.1) is 16.3 Å². The summed E-state index contributed by atoms with van der Waals surface area (Å²) in [6.07, 6.45) is 3.41. The van der Waals surface area contributed by atoms with Crippen LogP contribution in [0.2, 0.25) is 0 Å². The zero-order chi connectivity index (χ0) is 16.3. The second kappa shape index (κ2) is 6.58. The van der Waals surface area contributed by atoms with Gasteiger partial charge < -0.3 is 4.90 Å². The number of halogens is 1. The maximum absolute atomic E-state index is 13.3. The monoisotopic (exact) mass is 334 g/mol. The van der Waals surface area contributed by atoms with E-state index in [1.165, 1.54) is 24.6 Å². The van der Waals surface area contributed by atoms with Crippen molar-refractivity contribution in [3.8, 4) is 0 Å². The van der Waals surface area contributed by atoms with Crippen LogP contribution in [0.3, 0.4) is 0 Å². The first kappa shape index (κ1) is 15.8. The molecular formula is C17H19FN2O2S. The van der Waals surface area contributed by atoms with Gasteiger partial charge in [-0.25, -0.2) is 12.8 Å². The minimum absolute atomic E-state index is 0.0778. The molecular weight excluding hydrogens is 315 g/mol. The van der Waals surface area contributed by atoms with E-state index in [1.54, 1.807) is 12.1 Å². The van der Waals surface area contributed by atoms with Crippen LogP contribution in [0.5, 0.6) is 0 Å². The Morgan fingerprint density at radius 3 is 2.43 bits per heavy atom. The molecule has 6 heteroatoms. The van der Waals surface area contributed by atoms with Crippen molar-refractivity contribution in [2.75, 3.05) is 22.7 Å². The van der Waals surface area contributed by atoms with Crippen LogP contribution in [0, 0.1) is 5.82 Å². The topological polar surface area (TPSA) is 49.4 Å². The molecule has 1 aliphatic heterocycles. The van der Waals surface area contributed by atoms with Crippen molar-refractivity contribution in [1.29, 1.82) is 0 Å². The highest BCUT2D eigenvalue weighted by Crippen LogP contribution is 2.30. The third-order valence-corrected chi connectivity index (χ3v) is 5.31. The van der Waals surface area contributed by atoms with Crippen LogP contribution in [0.15, 0.2) is 53.4 Å². The maximum Gasteiger partial charge on any atom is 0.262 e. The van der Waals surface area contributed by atoms with Gasteiger partial charge in [-0.2, -0.15) is 0 Å². The lowest BCUT2D eigenvalue weighted by atomic mass is 10.1. The molecule has 1 N–H and O–H groups in total. The van der Waals surface area contributed by atoms with E-state index in [2.05, 4.69) is 9.62 Å². The second-order valence-electron chi connectivity index (χ2n) is 5.63. The van der Waals surface area contributed by atoms with Gasteiger partial charge in [0.2, 0.25) is 0 Å². The summed E-state index contributed by atoms with van der Waals surface area (Å²) in [7, 11) is -3.81. The fourth-order valence-electron chi connectivity index (χ4n) is 2.81. The Bertz CT molecular complexity index is 787. The first-order valence-corrected chi connectivity index (χ1v) is 9.17. The predicted octanol–water partition coefficient (Wildman–Crippen LogP) is 3.62. The molecule has 4 nitrogen and oxygen atoms in total. The van der Waals surface area contributed by atoms with Crippen LogP contribution in [-0.4, -0.2) is 21.5 Å². The lowest BCUT2D eigenvalue weighted by Crippen LogP contribution is -2.30. The molecule has 1 heterocycles. The van der Waals surface area contributed by atoms with Gasteiger partial charge in [-0.3, -0.25) is 4.72 Å². The summed E-state index contributed by atoms with van der Waals surface area (Å²) in [5.41, 5.74) is 1.39. The van der Waals surface area contributed by atoms with Gasteiger partial charge in [-0.1, -0.05) is 18.2 Å². The van der Waals surface area contributed by atoms with Crippen molar-refractivity contribution >= 4 is 21.4 Å². The lowest BCUT2D eigenvalue weighted by molar-refractivity contribution is 0.578. The van der Waals surface area contributed by atoms with Crippen molar-refractivity contribution in [2.45, 2.75) is 24.2 Å². The smallest absolute Gasteiger partial charge is 0.262 e. The van der Waals surface area contributed by atoms with Gasteiger partial charge >= 0.3 is 0 Å². The average molecular weight is 334 g/mol. The standard InChI is InChI=1S/C17H19FN2O2S/c18-14-7-6-8-15(13-14)23(21,22)19-16-9-2-3-10-17(16)20-11-4-1-5-12-20/h2-3,6-10,13,19H,1,4-5,11-12H2. The molecule has 0 atom stereocenters. The summed E-state index contributed by atoms with van der Waals surface area (Å²) < 4.78 is 40.9. The molecule has 2 aromatic rings. The van der Waals surface area contributed by atoms with E-state index in [0.29, 0.717) is 5.69 Å². The highest BCUT2D eigenvalue weighted by atomic mass is 32.2. The van der Waals surface area contributed by atoms with Gasteiger partial charge in [0.15, 0.2) is 0 Å². The van der Waals surface area contributed by atoms with Crippen LogP contribution in [0.1, 0.15) is 19.3 Å². The Kier molecular flexibility index (Phi) is 4.52. The fraction of sp³-hybridized carbons (Fsp3) is 0.294. The zero-order valence-corrected chi connectivity index (χ0v) is 13.5. The number of hydrogen-bond donors (Lipinski definition) is 1. The van der Waals surface area contributed by atoms with E-state index in [1.807, 2.05) is 12.1 Å². The summed E-state index contributed by atoms with van der Waals surface area (Å²) in [4.78, 5) is 2.11. The highest BCUT2D eigenvalue weighted by molar-refractivity contribution is 7.92. The first-order chi connectivity index (χ1) is 11.1. The Morgan fingerprint density at radius 2 is 1.70 bits per heavy atom. The van der Waals surface area contributed by atoms with E-state index in [-0.39, 0.29) is 4.90 Å². The largest absolute Gasteiger partial charge is 0.370 e. The summed E-state index contributed by atoms with van der Waals surface area (Å²) in [5.74, 6) is -0.572. The number of anilines is 2. The van der Waals surface area contributed by atoms with Crippen molar-refractivity contribution in [3.63, 3.8) is 0 Å². The number of hydrogen-bond acceptors (Lipinski definition) is 3. The van der Waals surface area contributed by atoms with E-state index >= 15 is 0 Å². The zero-order valence-electron chi connectivity index (χ0n) is 12.7. The number of nitrogens with one attached hydrogen (secondary N) is 1. The molecule has 0 spiro atoms. The summed E-state index contributed by atoms with van der Waals surface area (Å²) in [6, 6.07) is 12.3. The molecule has 2 aromatic carbocycles. The summed E-state index contributed by atoms with van der Waals surface area (Å²) in [5, 5.41) is 0. The Hall–Kier alpha value is -2.08. The van der Waals surface area contributed by atoms with Crippen molar-refractivity contribution < 1.29 is 12.8 Å². The van der Waals surface area contributed by atoms with Crippen molar-refractivity contribution in [3.05, 3.63) is 54.3 Å². The molecule has 0 unspecified atom stereocenters. The SMILES string of the molecule is O=S(=O)(Nc1ccccc1N1CCCCC1)c1cccc(F)c1. The van der Waals surface area contributed by atoms with Crippen molar-refractivity contribution in [1.82, 2.24) is 0 Å². The van der Waals surface area contributed by atoms with E-state index in [9.17, 15) is 12.8 Å². The first-order valence-electron chi connectivity index (χ1n) is 7.69. The molecule has 0 amide bonds. The average Bonchev–Trinajstić information content (AvgIpc) is 2.56. The van der Waals surface area contributed by atoms with Gasteiger partial charge in [-0.05, 0) is 49.6 Å². The molecule has 23 heavy (non-hydrogen) atoms. The maximum atomic E-state index is 13.3. The van der Waals surface area contributed by atoms with Gasteiger partial charge in [0, 0.05) is 13.1 Å². The Morgan fingerprint density at radius 1 is 0.957 bits per heavy atom. The van der Waals surface area contributed by atoms with Crippen LogP contribution < -0.4 is 9.62 Å². The molecule has 0 saturated carbocycles. The molecule has 1 saturated heterocycles. The number of nitrogens with zero attached hydrogens (tertiary/aromatic N) is 1. The second-order valence-corrected chi connectivity index (χ2v) is 7.31. The minimum atomic E-state index is -3.81. The van der Waals surface area contributed by atoms with Gasteiger partial charge in [0.1, 0.15) is 5.82 Å². The summed E-state index contributed by atoms with van der Waals surface area (Å²) >= 11 is 0. The Labute approximate surface area is 136 Å². The third kappa shape index (κ3) is 3.64. The minimum Gasteiger partial charge on any atom is -0.370 e. The molecule has 122 valence electrons. The van der Waals surface area contributed by atoms with E-state index in [4.69, 9.17) is 0 Å². The molecule has 0 bridgehead atoms. The van der Waals surface area contributed by atoms with Crippen LogP contribution in [0.25, 0.3) is 0 Å². The molecule has 0 radical (unpaired) electrons. The number of rotatable bonds is 4. The molecule has 3 rings (SSSR count). The van der Waals surface area contributed by atoms with Crippen molar-refractivity contribution in [2.24, 2.45) is 0 Å². The van der Waals surface area contributed by atoms with Crippen LogP contribution in [-0.2, 0) is 10.0 Å². The number of piperidine rings is 1. The predicted molar refractivity (Wildman–Crippen MR) is 89.7 cm³/mol. The summed E-state index contributed by atoms with van der Waals surface area (Å²) in [6.45, 7) is 1.83. The quantitative estimate of drug-likeness (QED) is 0.929. The number of para-hydroxylation sites is 2. The molecule has 0 aliphatic carbocycles. The molecule has 1 aliphatic rings. The number of benzene rings is 2.